The van der Waals surface area contributed by atoms with Gasteiger partial charge in [-0.1, -0.05) is 12.1 Å². The normalized spacial score (nSPS) is 13.1. The maximum Gasteiger partial charge on any atom is 0.341 e. The predicted octanol–water partition coefficient (Wildman–Crippen LogP) is 3.15. The van der Waals surface area contributed by atoms with Crippen LogP contribution in [-0.2, 0) is 28.9 Å². The summed E-state index contributed by atoms with van der Waals surface area (Å²) in [6, 6.07) is 7.19. The van der Waals surface area contributed by atoms with Crippen LogP contribution < -0.4 is 10.7 Å². The van der Waals surface area contributed by atoms with Crippen molar-refractivity contribution in [1.29, 1.82) is 0 Å². The first-order valence-corrected chi connectivity index (χ1v) is 10.4. The molecule has 0 unspecified atom stereocenters. The Hall–Kier alpha value is -3.00. The summed E-state index contributed by atoms with van der Waals surface area (Å²) < 4.78 is 6.59. The largest absolute Gasteiger partial charge is 0.465 e. The van der Waals surface area contributed by atoms with Gasteiger partial charge in [-0.25, -0.2) is 4.79 Å². The number of methoxy groups -OCH3 is 1. The van der Waals surface area contributed by atoms with Gasteiger partial charge in [0.25, 0.3) is 0 Å². The molecule has 1 aromatic carbocycles. The summed E-state index contributed by atoms with van der Waals surface area (Å²) in [5.41, 5.74) is 2.05. The Labute approximate surface area is 171 Å². The molecule has 2 aromatic heterocycles. The molecule has 8 heteroatoms. The van der Waals surface area contributed by atoms with Crippen molar-refractivity contribution in [2.75, 3.05) is 12.4 Å². The monoisotopic (exact) mass is 411 g/mol. The molecule has 0 atom stereocenters. The van der Waals surface area contributed by atoms with Crippen LogP contribution in [0.1, 0.15) is 40.1 Å². The third kappa shape index (κ3) is 3.80. The number of hydrogen-bond donors (Lipinski definition) is 1. The lowest BCUT2D eigenvalue weighted by atomic mass is 9.95. The summed E-state index contributed by atoms with van der Waals surface area (Å²) >= 11 is 1.46. The van der Waals surface area contributed by atoms with Crippen LogP contribution in [-0.4, -0.2) is 28.8 Å². The molecule has 0 spiro atoms. The van der Waals surface area contributed by atoms with Crippen molar-refractivity contribution in [3.8, 4) is 0 Å². The number of aryl methyl sites for hydroxylation is 2. The van der Waals surface area contributed by atoms with Crippen molar-refractivity contribution in [2.24, 2.45) is 0 Å². The minimum atomic E-state index is -0.409. The van der Waals surface area contributed by atoms with E-state index in [0.717, 1.165) is 36.1 Å². The van der Waals surface area contributed by atoms with Crippen LogP contribution in [0.15, 0.2) is 35.3 Å². The molecular weight excluding hydrogens is 390 g/mol. The van der Waals surface area contributed by atoms with Crippen molar-refractivity contribution in [3.63, 3.8) is 0 Å². The third-order valence-electron chi connectivity index (χ3n) is 5.13. The number of hydrogen-bond acceptors (Lipinski definition) is 6. The zero-order valence-electron chi connectivity index (χ0n) is 16.1. The molecule has 1 amide bonds. The van der Waals surface area contributed by atoms with Gasteiger partial charge < -0.3 is 10.1 Å². The minimum Gasteiger partial charge on any atom is -0.465 e. The third-order valence-corrected chi connectivity index (χ3v) is 6.33. The number of amides is 1. The molecule has 4 rings (SSSR count). The first kappa shape index (κ1) is 19.3. The maximum atomic E-state index is 12.6. The van der Waals surface area contributed by atoms with Crippen LogP contribution in [0, 0.1) is 0 Å². The molecule has 3 aromatic rings. The van der Waals surface area contributed by atoms with Gasteiger partial charge in [0, 0.05) is 16.7 Å². The lowest BCUT2D eigenvalue weighted by Crippen LogP contribution is -2.19. The summed E-state index contributed by atoms with van der Waals surface area (Å²) in [4.78, 5) is 38.0. The highest BCUT2D eigenvalue weighted by Crippen LogP contribution is 2.38. The molecule has 1 aliphatic carbocycles. The minimum absolute atomic E-state index is 0.145. The molecule has 0 fully saturated rings. The number of fused-ring (bicyclic) bond motifs is 2. The fourth-order valence-corrected chi connectivity index (χ4v) is 5.00. The summed E-state index contributed by atoms with van der Waals surface area (Å²) in [6.45, 7) is 0.325. The summed E-state index contributed by atoms with van der Waals surface area (Å²) in [7, 11) is 1.36. The zero-order chi connectivity index (χ0) is 20.4. The van der Waals surface area contributed by atoms with Gasteiger partial charge in [0.1, 0.15) is 5.00 Å². The van der Waals surface area contributed by atoms with Crippen molar-refractivity contribution in [1.82, 2.24) is 9.78 Å². The Morgan fingerprint density at radius 3 is 2.86 bits per heavy atom. The number of ether oxygens (including phenoxy) is 1. The van der Waals surface area contributed by atoms with E-state index in [4.69, 9.17) is 4.74 Å². The molecule has 150 valence electrons. The number of esters is 1. The Balaban J connectivity index is 1.53. The second-order valence-electron chi connectivity index (χ2n) is 6.95. The Morgan fingerprint density at radius 2 is 2.03 bits per heavy atom. The van der Waals surface area contributed by atoms with E-state index in [1.807, 2.05) is 12.1 Å². The fraction of sp³-hybridized carbons (Fsp3) is 0.333. The molecule has 29 heavy (non-hydrogen) atoms. The smallest absolute Gasteiger partial charge is 0.341 e. The zero-order valence-corrected chi connectivity index (χ0v) is 16.9. The summed E-state index contributed by atoms with van der Waals surface area (Å²) in [6.07, 6.45) is 5.32. The van der Waals surface area contributed by atoms with Gasteiger partial charge in [0.15, 0.2) is 0 Å². The molecule has 0 radical (unpaired) electrons. The molecule has 0 aliphatic heterocycles. The first-order valence-electron chi connectivity index (χ1n) is 9.56. The van der Waals surface area contributed by atoms with Crippen molar-refractivity contribution >= 4 is 39.1 Å². The molecule has 1 aliphatic rings. The van der Waals surface area contributed by atoms with Crippen molar-refractivity contribution < 1.29 is 14.3 Å². The van der Waals surface area contributed by atoms with Crippen LogP contribution in [0.25, 0.3) is 10.9 Å². The van der Waals surface area contributed by atoms with E-state index < -0.39 is 5.97 Å². The molecular formula is C21H21N3O4S. The van der Waals surface area contributed by atoms with Gasteiger partial charge in [-0.15, -0.1) is 11.3 Å². The van der Waals surface area contributed by atoms with Gasteiger partial charge in [-0.2, -0.15) is 5.10 Å². The quantitative estimate of drug-likeness (QED) is 0.652. The van der Waals surface area contributed by atoms with Gasteiger partial charge >= 0.3 is 5.97 Å². The van der Waals surface area contributed by atoms with E-state index in [-0.39, 0.29) is 17.8 Å². The average molecular weight is 411 g/mol. The molecule has 0 saturated carbocycles. The number of benzene rings is 1. The van der Waals surface area contributed by atoms with E-state index in [0.29, 0.717) is 28.0 Å². The topological polar surface area (TPSA) is 90.3 Å². The van der Waals surface area contributed by atoms with Gasteiger partial charge in [0.05, 0.1) is 30.9 Å². The summed E-state index contributed by atoms with van der Waals surface area (Å²) in [5, 5.41) is 8.17. The molecule has 0 saturated heterocycles. The summed E-state index contributed by atoms with van der Waals surface area (Å²) in [5.74, 6) is -0.619. The Bertz CT molecular complexity index is 1150. The van der Waals surface area contributed by atoms with Crippen LogP contribution in [0.5, 0.6) is 0 Å². The highest BCUT2D eigenvalue weighted by Gasteiger charge is 2.26. The predicted molar refractivity (Wildman–Crippen MR) is 112 cm³/mol. The van der Waals surface area contributed by atoms with E-state index in [1.165, 1.54) is 24.6 Å². The van der Waals surface area contributed by atoms with E-state index in [2.05, 4.69) is 10.4 Å². The number of carbonyl (C=O) groups excluding carboxylic acids is 2. The second-order valence-corrected chi connectivity index (χ2v) is 8.06. The van der Waals surface area contributed by atoms with Gasteiger partial charge in [0.2, 0.25) is 11.3 Å². The number of nitrogens with one attached hydrogen (secondary N) is 1. The molecule has 2 heterocycles. The van der Waals surface area contributed by atoms with Gasteiger partial charge in [-0.3, -0.25) is 14.3 Å². The first-order chi connectivity index (χ1) is 14.1. The molecule has 1 N–H and O–H groups in total. The highest BCUT2D eigenvalue weighted by atomic mass is 32.1. The fourth-order valence-electron chi connectivity index (χ4n) is 3.71. The van der Waals surface area contributed by atoms with Crippen LogP contribution in [0.4, 0.5) is 5.00 Å². The number of carbonyl (C=O) groups is 2. The SMILES string of the molecule is COC(=O)c1c(NC(=O)CCn2ncc(=O)c3ccccc32)sc2c1CCCC2. The average Bonchev–Trinajstić information content (AvgIpc) is 3.10. The van der Waals surface area contributed by atoms with Crippen LogP contribution >= 0.6 is 11.3 Å². The second kappa shape index (κ2) is 8.16. The highest BCUT2D eigenvalue weighted by molar-refractivity contribution is 7.17. The molecule has 0 bridgehead atoms. The van der Waals surface area contributed by atoms with Crippen molar-refractivity contribution in [2.45, 2.75) is 38.6 Å². The number of rotatable bonds is 5. The Kier molecular flexibility index (Phi) is 5.44. The number of anilines is 1. The van der Waals surface area contributed by atoms with Gasteiger partial charge in [-0.05, 0) is 43.4 Å². The maximum absolute atomic E-state index is 12.6. The number of aromatic nitrogens is 2. The van der Waals surface area contributed by atoms with Crippen molar-refractivity contribution in [3.05, 3.63) is 56.7 Å². The number of nitrogens with zero attached hydrogens (tertiary/aromatic N) is 2. The number of para-hydroxylation sites is 1. The lowest BCUT2D eigenvalue weighted by molar-refractivity contribution is -0.116. The standard InChI is InChI=1S/C21H21N3O4S/c1-28-21(27)19-14-7-3-5-9-17(14)29-20(19)23-18(26)10-11-24-15-8-4-2-6-13(15)16(25)12-22-24/h2,4,6,8,12H,3,5,7,9-11H2,1H3,(H,23,26). The van der Waals surface area contributed by atoms with E-state index in [1.54, 1.807) is 16.8 Å². The van der Waals surface area contributed by atoms with Crippen LogP contribution in [0.2, 0.25) is 0 Å². The number of thiophene rings is 1. The Morgan fingerprint density at radius 1 is 1.24 bits per heavy atom. The van der Waals surface area contributed by atoms with E-state index >= 15 is 0 Å². The van der Waals surface area contributed by atoms with Crippen LogP contribution in [0.3, 0.4) is 0 Å². The lowest BCUT2D eigenvalue weighted by Gasteiger charge is -2.12. The van der Waals surface area contributed by atoms with E-state index in [9.17, 15) is 14.4 Å². The molecule has 7 nitrogen and oxygen atoms in total.